The number of hydrogen-bond donors (Lipinski definition) is 3. The largest absolute Gasteiger partial charge is 0.392 e. The molecule has 72 valence electrons. The van der Waals surface area contributed by atoms with Gasteiger partial charge in [-0.15, -0.1) is 0 Å². The van der Waals surface area contributed by atoms with Crippen LogP contribution in [0.3, 0.4) is 0 Å². The Balaban J connectivity index is 2.25. The maximum absolute atomic E-state index is 9.81. The minimum atomic E-state index is -0.722. The highest BCUT2D eigenvalue weighted by Gasteiger charge is 2.32. The molecule has 0 saturated heterocycles. The second-order valence-electron chi connectivity index (χ2n) is 4.24. The van der Waals surface area contributed by atoms with Crippen LogP contribution in [0.25, 0.3) is 0 Å². The van der Waals surface area contributed by atoms with Crippen molar-refractivity contribution in [3.05, 3.63) is 0 Å². The van der Waals surface area contributed by atoms with Gasteiger partial charge in [-0.25, -0.2) is 0 Å². The Morgan fingerprint density at radius 3 is 2.58 bits per heavy atom. The van der Waals surface area contributed by atoms with E-state index in [9.17, 15) is 10.2 Å². The second kappa shape index (κ2) is 3.73. The zero-order valence-corrected chi connectivity index (χ0v) is 7.66. The summed E-state index contributed by atoms with van der Waals surface area (Å²) in [6, 6.07) is 0. The Labute approximate surface area is 73.6 Å². The van der Waals surface area contributed by atoms with Gasteiger partial charge < -0.3 is 15.9 Å². The number of aliphatic hydroxyl groups is 2. The molecule has 0 spiro atoms. The third kappa shape index (κ3) is 3.52. The Morgan fingerprint density at radius 2 is 2.17 bits per heavy atom. The van der Waals surface area contributed by atoms with E-state index in [1.807, 2.05) is 0 Å². The highest BCUT2D eigenvalue weighted by molar-refractivity contribution is 4.85. The molecule has 0 bridgehead atoms. The van der Waals surface area contributed by atoms with E-state index in [0.717, 1.165) is 6.42 Å². The summed E-state index contributed by atoms with van der Waals surface area (Å²) in [6.07, 6.45) is 3.12. The molecule has 0 aromatic rings. The minimum Gasteiger partial charge on any atom is -0.392 e. The van der Waals surface area contributed by atoms with Gasteiger partial charge in [-0.05, 0) is 19.3 Å². The molecular weight excluding hydrogens is 154 g/mol. The summed E-state index contributed by atoms with van der Waals surface area (Å²) in [5.41, 5.74) is 4.54. The summed E-state index contributed by atoms with van der Waals surface area (Å²) in [5.74, 6) is 0.685. The fraction of sp³-hybridized carbons (Fsp3) is 1.00. The molecule has 1 rings (SSSR count). The average Bonchev–Trinajstić information content (AvgIpc) is 2.69. The SMILES string of the molecule is C[C@](O)(CC1CC1)C[C@H](O)CN. The van der Waals surface area contributed by atoms with E-state index in [2.05, 4.69) is 0 Å². The molecule has 1 aliphatic rings. The van der Waals surface area contributed by atoms with E-state index in [1.165, 1.54) is 12.8 Å². The molecule has 0 radical (unpaired) electrons. The van der Waals surface area contributed by atoms with Gasteiger partial charge in [0.1, 0.15) is 0 Å². The van der Waals surface area contributed by atoms with Gasteiger partial charge in [-0.1, -0.05) is 12.8 Å². The lowest BCUT2D eigenvalue weighted by molar-refractivity contribution is -0.00391. The van der Waals surface area contributed by atoms with E-state index in [4.69, 9.17) is 5.73 Å². The predicted octanol–water partition coefficient (Wildman–Crippen LogP) is 0.247. The average molecular weight is 173 g/mol. The first-order valence-corrected chi connectivity index (χ1v) is 4.64. The molecule has 1 fully saturated rings. The number of rotatable bonds is 5. The van der Waals surface area contributed by atoms with Crippen molar-refractivity contribution in [3.8, 4) is 0 Å². The summed E-state index contributed by atoms with van der Waals surface area (Å²) < 4.78 is 0. The van der Waals surface area contributed by atoms with Crippen LogP contribution in [-0.2, 0) is 0 Å². The molecule has 0 amide bonds. The zero-order chi connectivity index (χ0) is 9.19. The van der Waals surface area contributed by atoms with Crippen molar-refractivity contribution in [2.24, 2.45) is 11.7 Å². The summed E-state index contributed by atoms with van der Waals surface area (Å²) in [7, 11) is 0. The number of aliphatic hydroxyl groups excluding tert-OH is 1. The summed E-state index contributed by atoms with van der Waals surface area (Å²) in [4.78, 5) is 0. The maximum atomic E-state index is 9.81. The lowest BCUT2D eigenvalue weighted by atomic mass is 9.92. The van der Waals surface area contributed by atoms with Gasteiger partial charge in [-0.3, -0.25) is 0 Å². The van der Waals surface area contributed by atoms with Gasteiger partial charge >= 0.3 is 0 Å². The molecule has 1 saturated carbocycles. The lowest BCUT2D eigenvalue weighted by Crippen LogP contribution is -2.34. The van der Waals surface area contributed by atoms with Crippen molar-refractivity contribution < 1.29 is 10.2 Å². The Morgan fingerprint density at radius 1 is 1.58 bits per heavy atom. The molecule has 4 N–H and O–H groups in total. The third-order valence-corrected chi connectivity index (χ3v) is 2.37. The predicted molar refractivity (Wildman–Crippen MR) is 47.6 cm³/mol. The maximum Gasteiger partial charge on any atom is 0.0689 e. The molecule has 3 heteroatoms. The first-order valence-electron chi connectivity index (χ1n) is 4.64. The van der Waals surface area contributed by atoms with Crippen LogP contribution in [0.15, 0.2) is 0 Å². The van der Waals surface area contributed by atoms with Crippen LogP contribution in [0.1, 0.15) is 32.6 Å². The smallest absolute Gasteiger partial charge is 0.0689 e. The topological polar surface area (TPSA) is 66.5 Å². The van der Waals surface area contributed by atoms with Crippen LogP contribution in [0.4, 0.5) is 0 Å². The van der Waals surface area contributed by atoms with E-state index < -0.39 is 11.7 Å². The summed E-state index contributed by atoms with van der Waals surface area (Å²) in [5, 5.41) is 19.1. The van der Waals surface area contributed by atoms with Crippen molar-refractivity contribution in [1.82, 2.24) is 0 Å². The van der Waals surface area contributed by atoms with E-state index >= 15 is 0 Å². The summed E-state index contributed by atoms with van der Waals surface area (Å²) >= 11 is 0. The van der Waals surface area contributed by atoms with Gasteiger partial charge in [0.2, 0.25) is 0 Å². The van der Waals surface area contributed by atoms with Crippen molar-refractivity contribution in [2.45, 2.75) is 44.3 Å². The van der Waals surface area contributed by atoms with E-state index in [-0.39, 0.29) is 6.54 Å². The van der Waals surface area contributed by atoms with Crippen LogP contribution in [0.5, 0.6) is 0 Å². The van der Waals surface area contributed by atoms with Crippen LogP contribution in [-0.4, -0.2) is 28.5 Å². The Hall–Kier alpha value is -0.120. The number of hydrogen-bond acceptors (Lipinski definition) is 3. The number of nitrogens with two attached hydrogens (primary N) is 1. The molecule has 0 aliphatic heterocycles. The summed E-state index contributed by atoms with van der Waals surface area (Å²) in [6.45, 7) is 2.02. The van der Waals surface area contributed by atoms with Crippen LogP contribution >= 0.6 is 0 Å². The molecule has 3 nitrogen and oxygen atoms in total. The first-order chi connectivity index (χ1) is 5.53. The van der Waals surface area contributed by atoms with Gasteiger partial charge in [-0.2, -0.15) is 0 Å². The van der Waals surface area contributed by atoms with E-state index in [0.29, 0.717) is 12.3 Å². The highest BCUT2D eigenvalue weighted by atomic mass is 16.3. The molecule has 0 aromatic carbocycles. The molecule has 2 atom stereocenters. The van der Waals surface area contributed by atoms with Gasteiger partial charge in [0, 0.05) is 13.0 Å². The fourth-order valence-corrected chi connectivity index (χ4v) is 1.62. The molecular formula is C9H19NO2. The van der Waals surface area contributed by atoms with Gasteiger partial charge in [0.05, 0.1) is 11.7 Å². The van der Waals surface area contributed by atoms with Crippen LogP contribution < -0.4 is 5.73 Å². The quantitative estimate of drug-likeness (QED) is 0.558. The minimum absolute atomic E-state index is 0.237. The second-order valence-corrected chi connectivity index (χ2v) is 4.24. The molecule has 0 heterocycles. The normalized spacial score (nSPS) is 25.0. The van der Waals surface area contributed by atoms with Crippen molar-refractivity contribution in [2.75, 3.05) is 6.54 Å². The van der Waals surface area contributed by atoms with Crippen LogP contribution in [0.2, 0.25) is 0 Å². The third-order valence-electron chi connectivity index (χ3n) is 2.37. The Kier molecular flexibility index (Phi) is 3.09. The molecule has 0 unspecified atom stereocenters. The molecule has 0 aromatic heterocycles. The van der Waals surface area contributed by atoms with Gasteiger partial charge in [0.15, 0.2) is 0 Å². The zero-order valence-electron chi connectivity index (χ0n) is 7.66. The lowest BCUT2D eigenvalue weighted by Gasteiger charge is -2.25. The van der Waals surface area contributed by atoms with Crippen molar-refractivity contribution in [3.63, 3.8) is 0 Å². The van der Waals surface area contributed by atoms with Crippen molar-refractivity contribution in [1.29, 1.82) is 0 Å². The van der Waals surface area contributed by atoms with Crippen molar-refractivity contribution >= 4 is 0 Å². The Bertz CT molecular complexity index is 143. The van der Waals surface area contributed by atoms with E-state index in [1.54, 1.807) is 6.92 Å². The molecule has 12 heavy (non-hydrogen) atoms. The molecule has 1 aliphatic carbocycles. The first kappa shape index (κ1) is 9.96. The fourth-order valence-electron chi connectivity index (χ4n) is 1.62. The highest BCUT2D eigenvalue weighted by Crippen LogP contribution is 2.37. The van der Waals surface area contributed by atoms with Crippen LogP contribution in [0, 0.1) is 5.92 Å². The monoisotopic (exact) mass is 173 g/mol. The van der Waals surface area contributed by atoms with Gasteiger partial charge in [0.25, 0.3) is 0 Å². The standard InChI is InChI=1S/C9H19NO2/c1-9(12,4-7-2-3-7)5-8(11)6-10/h7-8,11-12H,2-6,10H2,1H3/t8-,9-/m0/s1.